The summed E-state index contributed by atoms with van der Waals surface area (Å²) in [6.45, 7) is 6.80. The molecule has 4 heteroatoms. The van der Waals surface area contributed by atoms with Gasteiger partial charge in [-0.15, -0.1) is 0 Å². The molecule has 4 aliphatic carbocycles. The highest BCUT2D eigenvalue weighted by Gasteiger charge is 2.57. The first-order valence-electron chi connectivity index (χ1n) is 12.7. The van der Waals surface area contributed by atoms with Crippen molar-refractivity contribution in [3.8, 4) is 0 Å². The normalized spacial score (nSPS) is 42.5. The van der Waals surface area contributed by atoms with Crippen molar-refractivity contribution < 1.29 is 9.94 Å². The predicted molar refractivity (Wildman–Crippen MR) is 128 cm³/mol. The monoisotopic (exact) mass is 428 g/mol. The van der Waals surface area contributed by atoms with Crippen LogP contribution in [0.5, 0.6) is 0 Å². The van der Waals surface area contributed by atoms with Gasteiger partial charge in [0.1, 0.15) is 6.61 Å². The molecule has 0 bridgehead atoms. The van der Waals surface area contributed by atoms with E-state index in [0.717, 1.165) is 43.6 Å². The van der Waals surface area contributed by atoms with Crippen molar-refractivity contribution in [2.45, 2.75) is 77.7 Å². The quantitative estimate of drug-likeness (QED) is 0.254. The second-order valence-corrected chi connectivity index (χ2v) is 11.5. The topological polar surface area (TPSA) is 45.1 Å². The first-order chi connectivity index (χ1) is 14.8. The van der Waals surface area contributed by atoms with Crippen LogP contribution in [0.2, 0.25) is 0 Å². The van der Waals surface area contributed by atoms with Crippen molar-refractivity contribution in [1.82, 2.24) is 4.90 Å². The summed E-state index contributed by atoms with van der Waals surface area (Å²) in [6, 6.07) is 0. The Kier molecular flexibility index (Phi) is 6.98. The minimum atomic E-state index is -0.107. The zero-order chi connectivity index (χ0) is 22.1. The van der Waals surface area contributed by atoms with E-state index in [1.807, 2.05) is 6.21 Å². The Hall–Kier alpha value is -1.13. The molecule has 0 aliphatic heterocycles. The number of oxime groups is 1. The van der Waals surface area contributed by atoms with E-state index in [4.69, 9.17) is 4.84 Å². The minimum Gasteiger partial charge on any atom is -0.396 e. The molecule has 1 N–H and O–H groups in total. The van der Waals surface area contributed by atoms with E-state index in [1.165, 1.54) is 38.5 Å². The molecule has 0 spiro atoms. The summed E-state index contributed by atoms with van der Waals surface area (Å²) in [5.74, 6) is 3.14. The number of nitrogens with zero attached hydrogens (tertiary/aromatic N) is 2. The first-order valence-corrected chi connectivity index (χ1v) is 12.7. The second kappa shape index (κ2) is 9.39. The van der Waals surface area contributed by atoms with Gasteiger partial charge in [0.05, 0.1) is 12.3 Å². The molecule has 7 atom stereocenters. The van der Waals surface area contributed by atoms with Crippen LogP contribution in [0.3, 0.4) is 0 Å². The molecule has 0 aromatic rings. The summed E-state index contributed by atoms with van der Waals surface area (Å²) < 4.78 is 0. The molecule has 31 heavy (non-hydrogen) atoms. The van der Waals surface area contributed by atoms with Crippen molar-refractivity contribution in [3.05, 3.63) is 23.8 Å². The van der Waals surface area contributed by atoms with E-state index in [9.17, 15) is 5.11 Å². The van der Waals surface area contributed by atoms with Gasteiger partial charge in [-0.2, -0.15) is 0 Å². The highest BCUT2D eigenvalue weighted by Crippen LogP contribution is 2.66. The highest BCUT2D eigenvalue weighted by molar-refractivity contribution is 5.70. The lowest BCUT2D eigenvalue weighted by Crippen LogP contribution is -2.50. The second-order valence-electron chi connectivity index (χ2n) is 11.5. The van der Waals surface area contributed by atoms with E-state index in [0.29, 0.717) is 23.4 Å². The van der Waals surface area contributed by atoms with Crippen LogP contribution in [0.1, 0.15) is 71.6 Å². The number of aliphatic hydroxyl groups is 1. The zero-order valence-electron chi connectivity index (χ0n) is 20.2. The molecule has 0 unspecified atom stereocenters. The lowest BCUT2D eigenvalue weighted by Gasteiger charge is -2.58. The summed E-state index contributed by atoms with van der Waals surface area (Å²) >= 11 is 0. The summed E-state index contributed by atoms with van der Waals surface area (Å²) in [6.07, 6.45) is 19.5. The van der Waals surface area contributed by atoms with Crippen LogP contribution in [0.15, 0.2) is 29.0 Å². The van der Waals surface area contributed by atoms with Gasteiger partial charge in [0.2, 0.25) is 0 Å². The lowest BCUT2D eigenvalue weighted by molar-refractivity contribution is -0.0442. The Morgan fingerprint density at radius 3 is 2.81 bits per heavy atom. The average Bonchev–Trinajstić information content (AvgIpc) is 3.06. The summed E-state index contributed by atoms with van der Waals surface area (Å²) in [5.41, 5.74) is 2.34. The summed E-state index contributed by atoms with van der Waals surface area (Å²) in [4.78, 5) is 7.55. The molecule has 3 saturated carbocycles. The Morgan fingerprint density at radius 2 is 2.00 bits per heavy atom. The van der Waals surface area contributed by atoms with Crippen molar-refractivity contribution in [3.63, 3.8) is 0 Å². The lowest BCUT2D eigenvalue weighted by atomic mass is 9.47. The molecule has 0 aromatic heterocycles. The first kappa shape index (κ1) is 23.0. The molecule has 4 nitrogen and oxygen atoms in total. The van der Waals surface area contributed by atoms with Gasteiger partial charge in [0.15, 0.2) is 0 Å². The molecule has 0 aromatic carbocycles. The maximum Gasteiger partial charge on any atom is 0.118 e. The van der Waals surface area contributed by atoms with E-state index in [-0.39, 0.29) is 6.10 Å². The van der Waals surface area contributed by atoms with Crippen LogP contribution in [0, 0.1) is 34.5 Å². The number of allylic oxidation sites excluding steroid dienone is 3. The van der Waals surface area contributed by atoms with Crippen LogP contribution in [0.25, 0.3) is 0 Å². The smallest absolute Gasteiger partial charge is 0.118 e. The van der Waals surface area contributed by atoms with Gasteiger partial charge in [-0.25, -0.2) is 0 Å². The molecule has 0 radical (unpaired) electrons. The highest BCUT2D eigenvalue weighted by atomic mass is 16.6. The van der Waals surface area contributed by atoms with Crippen molar-refractivity contribution in [2.75, 3.05) is 27.2 Å². The summed E-state index contributed by atoms with van der Waals surface area (Å²) in [5, 5.41) is 14.3. The molecular formula is C27H44N2O2. The summed E-state index contributed by atoms with van der Waals surface area (Å²) in [7, 11) is 4.16. The van der Waals surface area contributed by atoms with E-state index < -0.39 is 0 Å². The average molecular weight is 429 g/mol. The fourth-order valence-electron chi connectivity index (χ4n) is 7.76. The number of fused-ring (bicyclic) bond motifs is 5. The van der Waals surface area contributed by atoms with Gasteiger partial charge in [0.25, 0.3) is 0 Å². The number of rotatable bonds is 7. The Labute approximate surface area is 189 Å². The van der Waals surface area contributed by atoms with Crippen molar-refractivity contribution in [1.29, 1.82) is 0 Å². The van der Waals surface area contributed by atoms with Crippen molar-refractivity contribution in [2.24, 2.45) is 39.7 Å². The van der Waals surface area contributed by atoms with Crippen LogP contribution in [0.4, 0.5) is 0 Å². The number of hydrogen-bond acceptors (Lipinski definition) is 4. The number of hydrogen-bond donors (Lipinski definition) is 1. The molecule has 0 saturated heterocycles. The SMILES string of the molecule is CN(C)CCCO/N=C/C=C/[C@H]1CC[C@H]2[C@@H]3CC=C4C[C@@H](O)CC[C@]4(C)[C@H]3CC[C@]12C. The standard InChI is InChI=1S/C27H44N2O2/c1-26-15-13-25-23(10-8-21-19-22(30)12-14-27(21,25)2)24(26)11-9-20(26)7-5-16-28-31-18-6-17-29(3)4/h5,7-8,16,20,22-25,30H,6,9-15,17-19H2,1-4H3/b7-5+,28-16+/t20-,22-,23-,24-,25-,26+,27-/m0/s1. The maximum absolute atomic E-state index is 10.2. The molecule has 4 aliphatic rings. The minimum absolute atomic E-state index is 0.107. The molecule has 0 heterocycles. The van der Waals surface area contributed by atoms with Gasteiger partial charge in [-0.1, -0.05) is 36.7 Å². The van der Waals surface area contributed by atoms with Crippen LogP contribution < -0.4 is 0 Å². The third kappa shape index (κ3) is 4.53. The van der Waals surface area contributed by atoms with Crippen LogP contribution in [-0.2, 0) is 4.84 Å². The maximum atomic E-state index is 10.2. The Balaban J connectivity index is 1.36. The van der Waals surface area contributed by atoms with Crippen molar-refractivity contribution >= 4 is 6.21 Å². The zero-order valence-corrected chi connectivity index (χ0v) is 20.2. The largest absolute Gasteiger partial charge is 0.396 e. The van der Waals surface area contributed by atoms with E-state index in [1.54, 1.807) is 5.57 Å². The van der Waals surface area contributed by atoms with Gasteiger partial charge >= 0.3 is 0 Å². The third-order valence-corrected chi connectivity index (χ3v) is 9.56. The van der Waals surface area contributed by atoms with Crippen LogP contribution in [-0.4, -0.2) is 49.6 Å². The molecule has 4 rings (SSSR count). The molecule has 0 amide bonds. The van der Waals surface area contributed by atoms with E-state index in [2.05, 4.69) is 56.2 Å². The number of aliphatic hydroxyl groups excluding tert-OH is 1. The fraction of sp³-hybridized carbons (Fsp3) is 0.815. The van der Waals surface area contributed by atoms with Crippen LogP contribution >= 0.6 is 0 Å². The van der Waals surface area contributed by atoms with E-state index >= 15 is 0 Å². The van der Waals surface area contributed by atoms with Gasteiger partial charge in [0, 0.05) is 6.54 Å². The van der Waals surface area contributed by atoms with Gasteiger partial charge in [-0.3, -0.25) is 0 Å². The third-order valence-electron chi connectivity index (χ3n) is 9.56. The molecular weight excluding hydrogens is 384 g/mol. The van der Waals surface area contributed by atoms with Gasteiger partial charge < -0.3 is 14.8 Å². The Bertz CT molecular complexity index is 714. The molecule has 3 fully saturated rings. The van der Waals surface area contributed by atoms with Gasteiger partial charge in [-0.05, 0) is 112 Å². The predicted octanol–water partition coefficient (Wildman–Crippen LogP) is 5.44. The molecule has 174 valence electrons. The Morgan fingerprint density at radius 1 is 1.16 bits per heavy atom. The fourth-order valence-corrected chi connectivity index (χ4v) is 7.76.